The standard InChI is InChI=1S/C12H26O/c1-5-11(4)9-8-10-12(13,6-2)7-3/h11,13H,5-10H2,1-4H3. The molecule has 1 nitrogen and oxygen atoms in total. The van der Waals surface area contributed by atoms with Crippen LogP contribution in [0.5, 0.6) is 0 Å². The molecule has 1 atom stereocenters. The molecule has 0 aromatic carbocycles. The molecule has 0 aliphatic carbocycles. The molecule has 1 unspecified atom stereocenters. The van der Waals surface area contributed by atoms with Crippen molar-refractivity contribution in [2.75, 3.05) is 0 Å². The van der Waals surface area contributed by atoms with Crippen LogP contribution < -0.4 is 0 Å². The SMILES string of the molecule is CCC(C)CCCC(O)(CC)CC. The van der Waals surface area contributed by atoms with Crippen molar-refractivity contribution in [3.63, 3.8) is 0 Å². The summed E-state index contributed by atoms with van der Waals surface area (Å²) in [5.41, 5.74) is -0.381. The molecule has 0 aromatic heterocycles. The molecule has 13 heavy (non-hydrogen) atoms. The fourth-order valence-electron chi connectivity index (χ4n) is 1.59. The van der Waals surface area contributed by atoms with Gasteiger partial charge in [-0.1, -0.05) is 47.0 Å². The Kier molecular flexibility index (Phi) is 6.40. The molecule has 0 spiro atoms. The molecule has 0 heterocycles. The van der Waals surface area contributed by atoms with E-state index in [0.29, 0.717) is 0 Å². The maximum atomic E-state index is 10.0. The van der Waals surface area contributed by atoms with Crippen LogP contribution in [0.4, 0.5) is 0 Å². The maximum Gasteiger partial charge on any atom is 0.0642 e. The largest absolute Gasteiger partial charge is 0.390 e. The minimum absolute atomic E-state index is 0.381. The fourth-order valence-corrected chi connectivity index (χ4v) is 1.59. The quantitative estimate of drug-likeness (QED) is 0.642. The zero-order chi connectivity index (χ0) is 10.3. The first-order valence-corrected chi connectivity index (χ1v) is 5.80. The van der Waals surface area contributed by atoms with E-state index in [1.807, 2.05) is 0 Å². The van der Waals surface area contributed by atoms with Crippen LogP contribution in [0, 0.1) is 5.92 Å². The Labute approximate surface area is 83.5 Å². The molecule has 1 heteroatoms. The van der Waals surface area contributed by atoms with E-state index < -0.39 is 0 Å². The summed E-state index contributed by atoms with van der Waals surface area (Å²) >= 11 is 0. The average molecular weight is 186 g/mol. The molecule has 0 saturated heterocycles. The summed E-state index contributed by atoms with van der Waals surface area (Å²) in [5, 5.41) is 10.0. The van der Waals surface area contributed by atoms with E-state index in [9.17, 15) is 5.11 Å². The van der Waals surface area contributed by atoms with Gasteiger partial charge in [0.25, 0.3) is 0 Å². The highest BCUT2D eigenvalue weighted by molar-refractivity contribution is 4.74. The minimum atomic E-state index is -0.381. The third-order valence-electron chi connectivity index (χ3n) is 3.35. The number of hydrogen-bond acceptors (Lipinski definition) is 1. The third kappa shape index (κ3) is 5.30. The summed E-state index contributed by atoms with van der Waals surface area (Å²) < 4.78 is 0. The molecule has 1 N–H and O–H groups in total. The van der Waals surface area contributed by atoms with Gasteiger partial charge in [0.1, 0.15) is 0 Å². The molecular formula is C12H26O. The summed E-state index contributed by atoms with van der Waals surface area (Å²) in [5.74, 6) is 0.818. The van der Waals surface area contributed by atoms with Gasteiger partial charge >= 0.3 is 0 Å². The second kappa shape index (κ2) is 6.42. The minimum Gasteiger partial charge on any atom is -0.390 e. The zero-order valence-electron chi connectivity index (χ0n) is 9.77. The van der Waals surface area contributed by atoms with Gasteiger partial charge in [0.2, 0.25) is 0 Å². The summed E-state index contributed by atoms with van der Waals surface area (Å²) in [6.07, 6.45) is 6.46. The monoisotopic (exact) mass is 186 g/mol. The van der Waals surface area contributed by atoms with Crippen molar-refractivity contribution in [3.05, 3.63) is 0 Å². The lowest BCUT2D eigenvalue weighted by molar-refractivity contribution is 0.0203. The first-order valence-electron chi connectivity index (χ1n) is 5.80. The van der Waals surface area contributed by atoms with Crippen LogP contribution in [0.2, 0.25) is 0 Å². The van der Waals surface area contributed by atoms with Crippen molar-refractivity contribution in [3.8, 4) is 0 Å². The molecule has 0 radical (unpaired) electrons. The molecule has 0 aromatic rings. The van der Waals surface area contributed by atoms with Crippen LogP contribution in [-0.4, -0.2) is 10.7 Å². The molecule has 80 valence electrons. The van der Waals surface area contributed by atoms with Crippen molar-refractivity contribution in [2.24, 2.45) is 5.92 Å². The zero-order valence-corrected chi connectivity index (χ0v) is 9.77. The third-order valence-corrected chi connectivity index (χ3v) is 3.35. The van der Waals surface area contributed by atoms with Crippen LogP contribution in [0.15, 0.2) is 0 Å². The molecule has 0 rings (SSSR count). The van der Waals surface area contributed by atoms with Crippen molar-refractivity contribution >= 4 is 0 Å². The van der Waals surface area contributed by atoms with E-state index in [4.69, 9.17) is 0 Å². The normalized spacial score (nSPS) is 14.5. The van der Waals surface area contributed by atoms with Gasteiger partial charge in [-0.25, -0.2) is 0 Å². The lowest BCUT2D eigenvalue weighted by atomic mass is 9.89. The van der Waals surface area contributed by atoms with Crippen molar-refractivity contribution in [1.29, 1.82) is 0 Å². The van der Waals surface area contributed by atoms with Gasteiger partial charge in [-0.15, -0.1) is 0 Å². The highest BCUT2D eigenvalue weighted by atomic mass is 16.3. The van der Waals surface area contributed by atoms with E-state index in [1.165, 1.54) is 19.3 Å². The summed E-state index contributed by atoms with van der Waals surface area (Å²) in [7, 11) is 0. The Morgan fingerprint density at radius 2 is 1.69 bits per heavy atom. The number of hydrogen-bond donors (Lipinski definition) is 1. The fraction of sp³-hybridized carbons (Fsp3) is 1.00. The van der Waals surface area contributed by atoms with Crippen LogP contribution in [0.1, 0.15) is 66.2 Å². The first kappa shape index (κ1) is 13.0. The van der Waals surface area contributed by atoms with E-state index in [1.54, 1.807) is 0 Å². The topological polar surface area (TPSA) is 20.2 Å². The Bertz CT molecular complexity index is 116. The van der Waals surface area contributed by atoms with E-state index in [0.717, 1.165) is 25.2 Å². The Hall–Kier alpha value is -0.0400. The van der Waals surface area contributed by atoms with Crippen molar-refractivity contribution in [1.82, 2.24) is 0 Å². The molecular weight excluding hydrogens is 160 g/mol. The second-order valence-corrected chi connectivity index (χ2v) is 4.34. The van der Waals surface area contributed by atoms with Gasteiger partial charge in [-0.3, -0.25) is 0 Å². The molecule has 0 aliphatic rings. The lowest BCUT2D eigenvalue weighted by Gasteiger charge is -2.25. The lowest BCUT2D eigenvalue weighted by Crippen LogP contribution is -2.26. The molecule has 0 saturated carbocycles. The molecule has 0 bridgehead atoms. The summed E-state index contributed by atoms with van der Waals surface area (Å²) in [6.45, 7) is 8.67. The Morgan fingerprint density at radius 3 is 2.08 bits per heavy atom. The van der Waals surface area contributed by atoms with Gasteiger partial charge in [0.15, 0.2) is 0 Å². The predicted molar refractivity (Wildman–Crippen MR) is 58.8 cm³/mol. The number of rotatable bonds is 7. The van der Waals surface area contributed by atoms with E-state index >= 15 is 0 Å². The van der Waals surface area contributed by atoms with E-state index in [2.05, 4.69) is 27.7 Å². The number of aliphatic hydroxyl groups is 1. The average Bonchev–Trinajstić information content (AvgIpc) is 2.17. The Balaban J connectivity index is 3.61. The van der Waals surface area contributed by atoms with Crippen LogP contribution in [0.25, 0.3) is 0 Å². The highest BCUT2D eigenvalue weighted by Crippen LogP contribution is 2.23. The second-order valence-electron chi connectivity index (χ2n) is 4.34. The maximum absolute atomic E-state index is 10.0. The van der Waals surface area contributed by atoms with Crippen LogP contribution in [0.3, 0.4) is 0 Å². The van der Waals surface area contributed by atoms with Gasteiger partial charge in [0.05, 0.1) is 5.60 Å². The summed E-state index contributed by atoms with van der Waals surface area (Å²) in [4.78, 5) is 0. The van der Waals surface area contributed by atoms with Crippen LogP contribution >= 0.6 is 0 Å². The van der Waals surface area contributed by atoms with Gasteiger partial charge in [0, 0.05) is 0 Å². The highest BCUT2D eigenvalue weighted by Gasteiger charge is 2.21. The summed E-state index contributed by atoms with van der Waals surface area (Å²) in [6, 6.07) is 0. The first-order chi connectivity index (χ1) is 6.08. The van der Waals surface area contributed by atoms with Crippen molar-refractivity contribution in [2.45, 2.75) is 71.8 Å². The van der Waals surface area contributed by atoms with Gasteiger partial charge in [-0.05, 0) is 25.2 Å². The molecule has 0 amide bonds. The van der Waals surface area contributed by atoms with Crippen LogP contribution in [-0.2, 0) is 0 Å². The smallest absolute Gasteiger partial charge is 0.0642 e. The Morgan fingerprint density at radius 1 is 1.15 bits per heavy atom. The van der Waals surface area contributed by atoms with E-state index in [-0.39, 0.29) is 5.60 Å². The van der Waals surface area contributed by atoms with Gasteiger partial charge < -0.3 is 5.11 Å². The predicted octanol–water partition coefficient (Wildman–Crippen LogP) is 3.75. The van der Waals surface area contributed by atoms with Gasteiger partial charge in [-0.2, -0.15) is 0 Å². The molecule has 0 aliphatic heterocycles. The van der Waals surface area contributed by atoms with Crippen molar-refractivity contribution < 1.29 is 5.11 Å². The molecule has 0 fully saturated rings.